The highest BCUT2D eigenvalue weighted by Crippen LogP contribution is 2.16. The Labute approximate surface area is 79.1 Å². The number of hydrogen-bond acceptors (Lipinski definition) is 3. The van der Waals surface area contributed by atoms with E-state index in [-0.39, 0.29) is 6.04 Å². The first-order valence-electron chi connectivity index (χ1n) is 4.56. The van der Waals surface area contributed by atoms with Gasteiger partial charge < -0.3 is 14.5 Å². The number of ether oxygens (including phenoxy) is 1. The molecule has 1 aromatic rings. The van der Waals surface area contributed by atoms with Crippen LogP contribution < -0.4 is 5.32 Å². The van der Waals surface area contributed by atoms with Crippen molar-refractivity contribution in [3.05, 3.63) is 23.7 Å². The molecule has 0 aliphatic rings. The summed E-state index contributed by atoms with van der Waals surface area (Å²) in [4.78, 5) is 0. The van der Waals surface area contributed by atoms with Gasteiger partial charge in [0, 0.05) is 13.5 Å². The molecule has 1 unspecified atom stereocenters. The molecule has 1 aromatic heterocycles. The van der Waals surface area contributed by atoms with Gasteiger partial charge in [0.15, 0.2) is 0 Å². The highest BCUT2D eigenvalue weighted by Gasteiger charge is 2.12. The molecule has 0 saturated carbocycles. The number of nitrogens with one attached hydrogen (secondary N) is 1. The summed E-state index contributed by atoms with van der Waals surface area (Å²) in [6.07, 6.45) is 0.934. The fourth-order valence-electron chi connectivity index (χ4n) is 1.25. The molecule has 0 spiro atoms. The van der Waals surface area contributed by atoms with Gasteiger partial charge in [-0.25, -0.2) is 0 Å². The average molecular weight is 183 g/mol. The smallest absolute Gasteiger partial charge is 0.123 e. The Bertz CT molecular complexity index is 245. The lowest BCUT2D eigenvalue weighted by molar-refractivity contribution is 0.160. The first-order chi connectivity index (χ1) is 6.31. The minimum absolute atomic E-state index is 0.158. The molecule has 3 heteroatoms. The van der Waals surface area contributed by atoms with E-state index in [0.717, 1.165) is 17.9 Å². The molecule has 1 atom stereocenters. The second kappa shape index (κ2) is 5.04. The Hall–Kier alpha value is -0.800. The van der Waals surface area contributed by atoms with Crippen molar-refractivity contribution in [2.45, 2.75) is 19.4 Å². The molecular weight excluding hydrogens is 166 g/mol. The zero-order valence-corrected chi connectivity index (χ0v) is 8.46. The van der Waals surface area contributed by atoms with E-state index < -0.39 is 0 Å². The molecule has 74 valence electrons. The summed E-state index contributed by atoms with van der Waals surface area (Å²) in [5, 5.41) is 3.14. The maximum atomic E-state index is 5.60. The molecule has 1 N–H and O–H groups in total. The van der Waals surface area contributed by atoms with Crippen LogP contribution in [0.1, 0.15) is 24.5 Å². The third-order valence-electron chi connectivity index (χ3n) is 2.06. The van der Waals surface area contributed by atoms with Gasteiger partial charge in [0.2, 0.25) is 0 Å². The molecule has 0 fully saturated rings. The van der Waals surface area contributed by atoms with Gasteiger partial charge in [0.25, 0.3) is 0 Å². The molecule has 3 nitrogen and oxygen atoms in total. The van der Waals surface area contributed by atoms with Gasteiger partial charge in [-0.1, -0.05) is 6.92 Å². The summed E-state index contributed by atoms with van der Waals surface area (Å²) in [7, 11) is 3.59. The van der Waals surface area contributed by atoms with Gasteiger partial charge in [-0.3, -0.25) is 0 Å². The minimum atomic E-state index is 0.158. The Morgan fingerprint density at radius 2 is 2.31 bits per heavy atom. The van der Waals surface area contributed by atoms with E-state index in [1.165, 1.54) is 0 Å². The van der Waals surface area contributed by atoms with Crippen LogP contribution in [0, 0.1) is 0 Å². The van der Waals surface area contributed by atoms with Crippen molar-refractivity contribution < 1.29 is 9.15 Å². The van der Waals surface area contributed by atoms with Crippen LogP contribution >= 0.6 is 0 Å². The lowest BCUT2D eigenvalue weighted by Crippen LogP contribution is -2.20. The molecule has 13 heavy (non-hydrogen) atoms. The number of likely N-dealkylation sites (N-methyl/N-ethyl adjacent to an activating group) is 1. The van der Waals surface area contributed by atoms with Crippen molar-refractivity contribution >= 4 is 0 Å². The van der Waals surface area contributed by atoms with E-state index in [0.29, 0.717) is 6.61 Å². The summed E-state index contributed by atoms with van der Waals surface area (Å²) >= 11 is 0. The summed E-state index contributed by atoms with van der Waals surface area (Å²) in [5.41, 5.74) is 0. The maximum Gasteiger partial charge on any atom is 0.123 e. The van der Waals surface area contributed by atoms with Crippen molar-refractivity contribution in [2.24, 2.45) is 0 Å². The summed E-state index contributed by atoms with van der Waals surface area (Å²) in [6.45, 7) is 2.71. The number of hydrogen-bond donors (Lipinski definition) is 1. The van der Waals surface area contributed by atoms with E-state index in [4.69, 9.17) is 9.15 Å². The largest absolute Gasteiger partial charge is 0.464 e. The van der Waals surface area contributed by atoms with E-state index in [2.05, 4.69) is 12.2 Å². The normalized spacial score (nSPS) is 13.2. The molecule has 0 amide bonds. The van der Waals surface area contributed by atoms with E-state index in [9.17, 15) is 0 Å². The van der Waals surface area contributed by atoms with Crippen molar-refractivity contribution in [1.29, 1.82) is 0 Å². The topological polar surface area (TPSA) is 34.4 Å². The molecule has 1 rings (SSSR count). The summed E-state index contributed by atoms with van der Waals surface area (Å²) in [5.74, 6) is 1.97. The first-order valence-corrected chi connectivity index (χ1v) is 4.56. The fraction of sp³-hybridized carbons (Fsp3) is 0.600. The van der Waals surface area contributed by atoms with Gasteiger partial charge in [-0.2, -0.15) is 0 Å². The third kappa shape index (κ3) is 2.57. The van der Waals surface area contributed by atoms with E-state index in [1.807, 2.05) is 19.2 Å². The molecule has 0 saturated heterocycles. The number of rotatable bonds is 5. The number of methoxy groups -OCH3 is 1. The lowest BCUT2D eigenvalue weighted by Gasteiger charge is -2.11. The van der Waals surface area contributed by atoms with Crippen LogP contribution in [0.2, 0.25) is 0 Å². The Morgan fingerprint density at radius 3 is 2.77 bits per heavy atom. The van der Waals surface area contributed by atoms with Crippen LogP contribution in [-0.4, -0.2) is 20.8 Å². The van der Waals surface area contributed by atoms with Crippen molar-refractivity contribution in [3.8, 4) is 0 Å². The molecular formula is C10H17NO2. The predicted molar refractivity (Wildman–Crippen MR) is 51.8 cm³/mol. The maximum absolute atomic E-state index is 5.60. The second-order valence-electron chi connectivity index (χ2n) is 2.95. The number of aryl methyl sites for hydroxylation is 1. The summed E-state index contributed by atoms with van der Waals surface area (Å²) < 4.78 is 10.7. The standard InChI is InChI=1S/C10H17NO2/c1-4-8-5-6-10(13-8)9(11-2)7-12-3/h5-6,9,11H,4,7H2,1-3H3. The van der Waals surface area contributed by atoms with Crippen LogP contribution in [0.4, 0.5) is 0 Å². The van der Waals surface area contributed by atoms with Crippen molar-refractivity contribution in [2.75, 3.05) is 20.8 Å². The fourth-order valence-corrected chi connectivity index (χ4v) is 1.25. The zero-order chi connectivity index (χ0) is 9.68. The van der Waals surface area contributed by atoms with Crippen LogP contribution in [0.15, 0.2) is 16.5 Å². The van der Waals surface area contributed by atoms with Gasteiger partial charge in [0.05, 0.1) is 12.6 Å². The Kier molecular flexibility index (Phi) is 3.99. The van der Waals surface area contributed by atoms with Gasteiger partial charge in [-0.05, 0) is 19.2 Å². The van der Waals surface area contributed by atoms with Gasteiger partial charge in [0.1, 0.15) is 11.5 Å². The second-order valence-corrected chi connectivity index (χ2v) is 2.95. The average Bonchev–Trinajstić information content (AvgIpc) is 2.62. The van der Waals surface area contributed by atoms with Crippen LogP contribution in [0.3, 0.4) is 0 Å². The highest BCUT2D eigenvalue weighted by atomic mass is 16.5. The molecule has 0 radical (unpaired) electrons. The third-order valence-corrected chi connectivity index (χ3v) is 2.06. The minimum Gasteiger partial charge on any atom is -0.464 e. The number of furan rings is 1. The molecule has 1 heterocycles. The van der Waals surface area contributed by atoms with E-state index >= 15 is 0 Å². The molecule has 0 aromatic carbocycles. The van der Waals surface area contributed by atoms with Gasteiger partial charge >= 0.3 is 0 Å². The predicted octanol–water partition coefficient (Wildman–Crippen LogP) is 1.75. The van der Waals surface area contributed by atoms with Gasteiger partial charge in [-0.15, -0.1) is 0 Å². The quantitative estimate of drug-likeness (QED) is 0.755. The van der Waals surface area contributed by atoms with Crippen molar-refractivity contribution in [3.63, 3.8) is 0 Å². The van der Waals surface area contributed by atoms with Crippen molar-refractivity contribution in [1.82, 2.24) is 5.32 Å². The lowest BCUT2D eigenvalue weighted by atomic mass is 10.2. The molecule has 0 aliphatic heterocycles. The Morgan fingerprint density at radius 1 is 1.54 bits per heavy atom. The zero-order valence-electron chi connectivity index (χ0n) is 8.46. The van der Waals surface area contributed by atoms with E-state index in [1.54, 1.807) is 7.11 Å². The first kappa shape index (κ1) is 10.3. The molecule has 0 bridgehead atoms. The van der Waals surface area contributed by atoms with Crippen LogP contribution in [-0.2, 0) is 11.2 Å². The SMILES string of the molecule is CCc1ccc(C(COC)NC)o1. The monoisotopic (exact) mass is 183 g/mol. The Balaban J connectivity index is 2.67. The van der Waals surface area contributed by atoms with Crippen LogP contribution in [0.5, 0.6) is 0 Å². The highest BCUT2D eigenvalue weighted by molar-refractivity contribution is 5.10. The van der Waals surface area contributed by atoms with Crippen LogP contribution in [0.25, 0.3) is 0 Å². The summed E-state index contributed by atoms with van der Waals surface area (Å²) in [6, 6.07) is 4.17. The molecule has 0 aliphatic carbocycles.